The number of esters is 1. The summed E-state index contributed by atoms with van der Waals surface area (Å²) in [6, 6.07) is 8.19. The van der Waals surface area contributed by atoms with Crippen molar-refractivity contribution in [3.63, 3.8) is 0 Å². The van der Waals surface area contributed by atoms with Gasteiger partial charge in [-0.3, -0.25) is 4.68 Å². The van der Waals surface area contributed by atoms with Crippen molar-refractivity contribution >= 4 is 22.6 Å². The molecule has 2 aliphatic heterocycles. The van der Waals surface area contributed by atoms with Crippen molar-refractivity contribution in [2.45, 2.75) is 45.5 Å². The van der Waals surface area contributed by atoms with Gasteiger partial charge in [0.15, 0.2) is 6.04 Å². The fourth-order valence-corrected chi connectivity index (χ4v) is 5.72. The summed E-state index contributed by atoms with van der Waals surface area (Å²) in [7, 11) is 0. The van der Waals surface area contributed by atoms with Crippen LogP contribution in [0.3, 0.4) is 0 Å². The number of anilines is 1. The summed E-state index contributed by atoms with van der Waals surface area (Å²) >= 11 is 0. The monoisotopic (exact) mass is 553 g/mol. The summed E-state index contributed by atoms with van der Waals surface area (Å²) < 4.78 is 56.8. The van der Waals surface area contributed by atoms with Crippen LogP contribution in [-0.2, 0) is 27.2 Å². The zero-order valence-electron chi connectivity index (χ0n) is 22.3. The van der Waals surface area contributed by atoms with Gasteiger partial charge in [-0.05, 0) is 48.7 Å². The van der Waals surface area contributed by atoms with E-state index in [0.29, 0.717) is 41.2 Å². The zero-order chi connectivity index (χ0) is 28.0. The van der Waals surface area contributed by atoms with E-state index in [2.05, 4.69) is 15.0 Å². The first kappa shape index (κ1) is 26.4. The van der Waals surface area contributed by atoms with Crippen molar-refractivity contribution in [1.82, 2.24) is 19.3 Å². The number of benzene rings is 2. The maximum absolute atomic E-state index is 14.4. The molecule has 2 aromatic carbocycles. The third-order valence-corrected chi connectivity index (χ3v) is 7.71. The lowest BCUT2D eigenvalue weighted by atomic mass is 9.95. The Balaban J connectivity index is 1.44. The minimum Gasteiger partial charge on any atom is -0.464 e. The number of carbonyl (C=O) groups excluding carboxylic acids is 1. The summed E-state index contributed by atoms with van der Waals surface area (Å²) in [5.41, 5.74) is 4.26. The van der Waals surface area contributed by atoms with Crippen LogP contribution in [0.5, 0.6) is 0 Å². The van der Waals surface area contributed by atoms with Crippen LogP contribution >= 0.6 is 0 Å². The molecule has 0 aliphatic carbocycles. The summed E-state index contributed by atoms with van der Waals surface area (Å²) in [5.74, 6) is -0.630. The van der Waals surface area contributed by atoms with Crippen molar-refractivity contribution in [3.05, 3.63) is 65.4 Å². The molecule has 8 nitrogen and oxygen atoms in total. The highest BCUT2D eigenvalue weighted by Gasteiger charge is 2.35. The normalized spacial score (nSPS) is 17.9. The number of carbonyl (C=O) groups is 1. The molecule has 0 bridgehead atoms. The highest BCUT2D eigenvalue weighted by atomic mass is 19.3. The van der Waals surface area contributed by atoms with Gasteiger partial charge in [0, 0.05) is 48.0 Å². The maximum Gasteiger partial charge on any atom is 0.337 e. The Labute approximate surface area is 229 Å². The Hall–Kier alpha value is -3.86. The van der Waals surface area contributed by atoms with E-state index in [-0.39, 0.29) is 30.5 Å². The molecule has 0 amide bonds. The summed E-state index contributed by atoms with van der Waals surface area (Å²) in [6.45, 7) is 6.71. The van der Waals surface area contributed by atoms with Crippen LogP contribution in [-0.4, -0.2) is 64.4 Å². The first-order chi connectivity index (χ1) is 19.4. The predicted octanol–water partition coefficient (Wildman–Crippen LogP) is 5.03. The van der Waals surface area contributed by atoms with Gasteiger partial charge in [0.05, 0.1) is 43.9 Å². The number of fused-ring (bicyclic) bond motifs is 2. The average Bonchev–Trinajstić information content (AvgIpc) is 3.65. The standard InChI is InChI=1S/C29H30F3N5O3/c1-3-40-29(38)27(26-24-12-19(30)14-36(24)16-33-26)37-15-23-22(28(31)32)13-21(17(2)25(23)34-37)18-4-6-20(7-5-18)35-8-10-39-11-9-35/h4-7,13,15-16,19,27-28H,3,8-12,14H2,1-2H3/t19-,27?/m1/s1. The molecule has 40 heavy (non-hydrogen) atoms. The number of halogens is 3. The summed E-state index contributed by atoms with van der Waals surface area (Å²) in [4.78, 5) is 19.8. The molecule has 0 N–H and O–H groups in total. The minimum absolute atomic E-state index is 0.109. The number of aromatic nitrogens is 4. The van der Waals surface area contributed by atoms with Gasteiger partial charge in [0.2, 0.25) is 0 Å². The number of ether oxygens (including phenoxy) is 2. The van der Waals surface area contributed by atoms with Crippen LogP contribution in [0.25, 0.3) is 22.0 Å². The van der Waals surface area contributed by atoms with Crippen LogP contribution in [0.2, 0.25) is 0 Å². The highest BCUT2D eigenvalue weighted by Crippen LogP contribution is 2.38. The molecule has 0 spiro atoms. The van der Waals surface area contributed by atoms with E-state index >= 15 is 0 Å². The molecule has 0 radical (unpaired) electrons. The van der Waals surface area contributed by atoms with Gasteiger partial charge in [0.25, 0.3) is 6.43 Å². The molecule has 1 unspecified atom stereocenters. The molecule has 6 rings (SSSR count). The molecule has 2 aromatic heterocycles. The van der Waals surface area contributed by atoms with Gasteiger partial charge in [-0.25, -0.2) is 22.9 Å². The van der Waals surface area contributed by atoms with E-state index in [1.54, 1.807) is 11.5 Å². The van der Waals surface area contributed by atoms with E-state index in [1.807, 2.05) is 31.2 Å². The van der Waals surface area contributed by atoms with Gasteiger partial charge < -0.3 is 18.9 Å². The molecule has 0 saturated carbocycles. The zero-order valence-corrected chi connectivity index (χ0v) is 22.3. The van der Waals surface area contributed by atoms with Crippen LogP contribution in [0.15, 0.2) is 42.9 Å². The molecule has 1 saturated heterocycles. The number of hydrogen-bond acceptors (Lipinski definition) is 6. The molecule has 210 valence electrons. The number of morpholine rings is 1. The van der Waals surface area contributed by atoms with E-state index in [4.69, 9.17) is 9.47 Å². The number of hydrogen-bond donors (Lipinski definition) is 0. The lowest BCUT2D eigenvalue weighted by Crippen LogP contribution is -2.36. The molecular formula is C29H30F3N5O3. The van der Waals surface area contributed by atoms with Gasteiger partial charge in [0.1, 0.15) is 6.17 Å². The van der Waals surface area contributed by atoms with E-state index in [0.717, 1.165) is 24.3 Å². The fraction of sp³-hybridized carbons (Fsp3) is 0.414. The van der Waals surface area contributed by atoms with Crippen molar-refractivity contribution in [3.8, 4) is 11.1 Å². The first-order valence-electron chi connectivity index (χ1n) is 13.4. The van der Waals surface area contributed by atoms with Gasteiger partial charge in [-0.15, -0.1) is 0 Å². The second kappa shape index (κ2) is 10.6. The Bertz CT molecular complexity index is 1540. The Morgan fingerprint density at radius 3 is 2.65 bits per heavy atom. The Kier molecular flexibility index (Phi) is 6.99. The summed E-state index contributed by atoms with van der Waals surface area (Å²) in [5, 5.41) is 4.90. The number of imidazole rings is 1. The maximum atomic E-state index is 14.4. The van der Waals surface area contributed by atoms with Crippen molar-refractivity contribution in [2.24, 2.45) is 0 Å². The predicted molar refractivity (Wildman–Crippen MR) is 143 cm³/mol. The average molecular weight is 554 g/mol. The quantitative estimate of drug-likeness (QED) is 0.299. The third kappa shape index (κ3) is 4.61. The van der Waals surface area contributed by atoms with Crippen molar-refractivity contribution in [1.29, 1.82) is 0 Å². The largest absolute Gasteiger partial charge is 0.464 e. The molecular weight excluding hydrogens is 523 g/mol. The smallest absolute Gasteiger partial charge is 0.337 e. The number of aryl methyl sites for hydroxylation is 1. The molecule has 2 aliphatic rings. The Morgan fingerprint density at radius 1 is 1.20 bits per heavy atom. The number of nitrogens with zero attached hydrogens (tertiary/aromatic N) is 5. The molecule has 11 heteroatoms. The van der Waals surface area contributed by atoms with Gasteiger partial charge in [-0.1, -0.05) is 12.1 Å². The highest BCUT2D eigenvalue weighted by molar-refractivity contribution is 5.92. The molecule has 4 heterocycles. The number of alkyl halides is 3. The molecule has 4 aromatic rings. The van der Waals surface area contributed by atoms with E-state index < -0.39 is 24.6 Å². The van der Waals surface area contributed by atoms with Gasteiger partial charge >= 0.3 is 5.97 Å². The topological polar surface area (TPSA) is 74.4 Å². The SMILES string of the molecule is CCOC(=O)C(c1ncn2c1C[C@@H](F)C2)n1cc2c(C(F)F)cc(-c3ccc(N4CCOCC4)cc3)c(C)c2n1. The fourth-order valence-electron chi connectivity index (χ4n) is 5.72. The molecule has 1 fully saturated rings. The van der Waals surface area contributed by atoms with Crippen molar-refractivity contribution < 1.29 is 27.4 Å². The van der Waals surface area contributed by atoms with Crippen LogP contribution in [0.1, 0.15) is 41.9 Å². The lowest BCUT2D eigenvalue weighted by Gasteiger charge is -2.29. The van der Waals surface area contributed by atoms with Crippen LogP contribution in [0.4, 0.5) is 18.9 Å². The molecule has 2 atom stereocenters. The number of rotatable bonds is 7. The van der Waals surface area contributed by atoms with E-state index in [9.17, 15) is 18.0 Å². The van der Waals surface area contributed by atoms with Crippen LogP contribution in [0, 0.1) is 6.92 Å². The van der Waals surface area contributed by atoms with E-state index in [1.165, 1.54) is 23.3 Å². The van der Waals surface area contributed by atoms with Gasteiger partial charge in [-0.2, -0.15) is 5.10 Å². The van der Waals surface area contributed by atoms with Crippen molar-refractivity contribution in [2.75, 3.05) is 37.8 Å². The summed E-state index contributed by atoms with van der Waals surface area (Å²) in [6.07, 6.45) is -0.797. The second-order valence-corrected chi connectivity index (χ2v) is 10.1. The second-order valence-electron chi connectivity index (χ2n) is 10.1. The minimum atomic E-state index is -2.77. The Morgan fingerprint density at radius 2 is 1.95 bits per heavy atom. The van der Waals surface area contributed by atoms with Crippen LogP contribution < -0.4 is 4.90 Å². The first-order valence-corrected chi connectivity index (χ1v) is 13.4. The third-order valence-electron chi connectivity index (χ3n) is 7.71. The lowest BCUT2D eigenvalue weighted by molar-refractivity contribution is -0.146.